The molecule has 0 heterocycles. The third kappa shape index (κ3) is 2.43. The van der Waals surface area contributed by atoms with Gasteiger partial charge in [-0.05, 0) is 36.3 Å². The number of para-hydroxylation sites is 2. The zero-order valence-electron chi connectivity index (χ0n) is 13.8. The molecule has 2 aliphatic carbocycles. The first-order chi connectivity index (χ1) is 10.7. The van der Waals surface area contributed by atoms with Crippen molar-refractivity contribution in [1.82, 2.24) is 0 Å². The van der Waals surface area contributed by atoms with E-state index in [2.05, 4.69) is 4.72 Å². The molecule has 0 aliphatic heterocycles. The maximum atomic E-state index is 12.7. The molecule has 1 N–H and O–H groups in total. The number of rotatable bonds is 5. The van der Waals surface area contributed by atoms with Crippen molar-refractivity contribution in [2.45, 2.75) is 33.1 Å². The van der Waals surface area contributed by atoms with Gasteiger partial charge in [-0.25, -0.2) is 8.42 Å². The summed E-state index contributed by atoms with van der Waals surface area (Å²) < 4.78 is 33.2. The highest BCUT2D eigenvalue weighted by Gasteiger charge is 2.65. The second-order valence-corrected chi connectivity index (χ2v) is 8.95. The fourth-order valence-corrected chi connectivity index (χ4v) is 6.27. The highest BCUT2D eigenvalue weighted by Crippen LogP contribution is 2.64. The van der Waals surface area contributed by atoms with Gasteiger partial charge in [0.15, 0.2) is 0 Å². The van der Waals surface area contributed by atoms with Gasteiger partial charge in [-0.1, -0.05) is 26.0 Å². The van der Waals surface area contributed by atoms with Crippen molar-refractivity contribution in [1.29, 1.82) is 0 Å². The van der Waals surface area contributed by atoms with E-state index in [-0.39, 0.29) is 17.0 Å². The maximum Gasteiger partial charge on any atom is 0.233 e. The van der Waals surface area contributed by atoms with Crippen molar-refractivity contribution in [2.75, 3.05) is 17.6 Å². The van der Waals surface area contributed by atoms with E-state index >= 15 is 0 Å². The Morgan fingerprint density at radius 3 is 2.57 bits per heavy atom. The lowest BCUT2D eigenvalue weighted by atomic mass is 9.70. The number of fused-ring (bicyclic) bond motifs is 2. The van der Waals surface area contributed by atoms with Crippen LogP contribution in [0, 0.1) is 16.7 Å². The molecule has 3 rings (SSSR count). The molecule has 5 nitrogen and oxygen atoms in total. The van der Waals surface area contributed by atoms with Crippen LogP contribution in [0.2, 0.25) is 0 Å². The second kappa shape index (κ2) is 5.23. The molecule has 126 valence electrons. The molecular weight excluding hydrogens is 314 g/mol. The first kappa shape index (κ1) is 16.3. The first-order valence-corrected chi connectivity index (χ1v) is 9.54. The fourth-order valence-electron chi connectivity index (χ4n) is 4.37. The van der Waals surface area contributed by atoms with Gasteiger partial charge >= 0.3 is 0 Å². The molecule has 2 atom stereocenters. The van der Waals surface area contributed by atoms with Crippen LogP contribution in [0.5, 0.6) is 5.75 Å². The maximum absolute atomic E-state index is 12.7. The van der Waals surface area contributed by atoms with Gasteiger partial charge in [-0.2, -0.15) is 0 Å². The summed E-state index contributed by atoms with van der Waals surface area (Å²) in [5.74, 6) is 0.718. The lowest BCUT2D eigenvalue weighted by Gasteiger charge is -2.36. The number of carbonyl (C=O) groups excluding carboxylic acids is 1. The van der Waals surface area contributed by atoms with Crippen LogP contribution in [-0.4, -0.2) is 27.1 Å². The molecule has 0 amide bonds. The zero-order chi connectivity index (χ0) is 16.9. The summed E-state index contributed by atoms with van der Waals surface area (Å²) in [5.41, 5.74) is -0.616. The van der Waals surface area contributed by atoms with E-state index in [1.807, 2.05) is 13.8 Å². The quantitative estimate of drug-likeness (QED) is 0.897. The summed E-state index contributed by atoms with van der Waals surface area (Å²) in [6, 6.07) is 6.88. The fraction of sp³-hybridized carbons (Fsp3) is 0.588. The van der Waals surface area contributed by atoms with Crippen LogP contribution in [0.1, 0.15) is 33.1 Å². The molecule has 2 bridgehead atoms. The van der Waals surface area contributed by atoms with Crippen molar-refractivity contribution in [3.63, 3.8) is 0 Å². The second-order valence-electron chi connectivity index (χ2n) is 7.23. The Kier molecular flexibility index (Phi) is 3.71. The summed E-state index contributed by atoms with van der Waals surface area (Å²) in [6.45, 7) is 4.07. The van der Waals surface area contributed by atoms with Crippen molar-refractivity contribution in [3.05, 3.63) is 24.3 Å². The number of nitrogens with one attached hydrogen (secondary N) is 1. The van der Waals surface area contributed by atoms with Crippen LogP contribution in [0.4, 0.5) is 5.69 Å². The van der Waals surface area contributed by atoms with Gasteiger partial charge in [0.05, 0.1) is 24.0 Å². The van der Waals surface area contributed by atoms with Gasteiger partial charge < -0.3 is 4.74 Å². The smallest absolute Gasteiger partial charge is 0.233 e. The summed E-state index contributed by atoms with van der Waals surface area (Å²) >= 11 is 0. The third-order valence-corrected chi connectivity index (χ3v) is 7.35. The summed E-state index contributed by atoms with van der Waals surface area (Å²) in [5, 5.41) is 0. The molecule has 6 heteroatoms. The summed E-state index contributed by atoms with van der Waals surface area (Å²) in [7, 11) is -2.15. The van der Waals surface area contributed by atoms with Crippen LogP contribution in [-0.2, 0) is 14.8 Å². The molecule has 0 spiro atoms. The Balaban J connectivity index is 1.88. The monoisotopic (exact) mass is 337 g/mol. The molecule has 2 aliphatic rings. The molecule has 0 radical (unpaired) electrons. The van der Waals surface area contributed by atoms with Crippen LogP contribution in [0.3, 0.4) is 0 Å². The highest BCUT2D eigenvalue weighted by molar-refractivity contribution is 7.92. The van der Waals surface area contributed by atoms with E-state index in [1.165, 1.54) is 7.11 Å². The average Bonchev–Trinajstić information content (AvgIpc) is 2.81. The third-order valence-electron chi connectivity index (χ3n) is 5.95. The molecule has 0 aromatic heterocycles. The number of hydrogen-bond acceptors (Lipinski definition) is 4. The van der Waals surface area contributed by atoms with Crippen molar-refractivity contribution in [3.8, 4) is 5.75 Å². The van der Waals surface area contributed by atoms with Gasteiger partial charge in [0.1, 0.15) is 11.5 Å². The largest absolute Gasteiger partial charge is 0.495 e. The predicted octanol–water partition coefficient (Wildman–Crippen LogP) is 2.83. The standard InChI is InChI=1S/C17H23NO4S/c1-16(2)12-8-9-17(16,15(19)10-12)11-23(20,21)18-13-6-4-5-7-14(13)22-3/h4-7,12,18H,8-11H2,1-3H3/t12-,17-/m1/s1. The first-order valence-electron chi connectivity index (χ1n) is 7.89. The van der Waals surface area contributed by atoms with E-state index < -0.39 is 15.4 Å². The Labute approximate surface area is 137 Å². The molecule has 0 unspecified atom stereocenters. The predicted molar refractivity (Wildman–Crippen MR) is 89.0 cm³/mol. The molecule has 23 heavy (non-hydrogen) atoms. The van der Waals surface area contributed by atoms with Gasteiger partial charge in [-0.3, -0.25) is 9.52 Å². The van der Waals surface area contributed by atoms with E-state index in [0.717, 1.165) is 6.42 Å². The van der Waals surface area contributed by atoms with E-state index in [9.17, 15) is 13.2 Å². The number of anilines is 1. The van der Waals surface area contributed by atoms with Gasteiger partial charge in [0.2, 0.25) is 10.0 Å². The Morgan fingerprint density at radius 2 is 2.00 bits per heavy atom. The number of ketones is 1. The molecular formula is C17H23NO4S. The molecule has 0 saturated heterocycles. The van der Waals surface area contributed by atoms with Crippen molar-refractivity contribution < 1.29 is 17.9 Å². The minimum atomic E-state index is -3.65. The number of benzene rings is 1. The van der Waals surface area contributed by atoms with Crippen LogP contribution >= 0.6 is 0 Å². The van der Waals surface area contributed by atoms with E-state index in [0.29, 0.717) is 30.2 Å². The SMILES string of the molecule is COc1ccccc1NS(=O)(=O)C[C@]12CC[C@H](CC1=O)C2(C)C. The minimum Gasteiger partial charge on any atom is -0.495 e. The van der Waals surface area contributed by atoms with Crippen LogP contribution in [0.15, 0.2) is 24.3 Å². The van der Waals surface area contributed by atoms with Crippen molar-refractivity contribution in [2.24, 2.45) is 16.7 Å². The lowest BCUT2D eigenvalue weighted by molar-refractivity contribution is -0.128. The van der Waals surface area contributed by atoms with E-state index in [1.54, 1.807) is 24.3 Å². The van der Waals surface area contributed by atoms with Crippen molar-refractivity contribution >= 4 is 21.5 Å². The average molecular weight is 337 g/mol. The number of hydrogen-bond donors (Lipinski definition) is 1. The molecule has 2 fully saturated rings. The number of sulfonamides is 1. The van der Waals surface area contributed by atoms with Gasteiger partial charge in [-0.15, -0.1) is 0 Å². The van der Waals surface area contributed by atoms with E-state index in [4.69, 9.17) is 4.74 Å². The number of ether oxygens (including phenoxy) is 1. The number of carbonyl (C=O) groups is 1. The topological polar surface area (TPSA) is 72.5 Å². The zero-order valence-corrected chi connectivity index (χ0v) is 14.6. The normalized spacial score (nSPS) is 28.8. The molecule has 1 aromatic rings. The number of methoxy groups -OCH3 is 1. The Bertz CT molecular complexity index is 741. The number of Topliss-reactive ketones (excluding diaryl/α,β-unsaturated/α-hetero) is 1. The molecule has 2 saturated carbocycles. The van der Waals surface area contributed by atoms with Crippen LogP contribution in [0.25, 0.3) is 0 Å². The van der Waals surface area contributed by atoms with Crippen LogP contribution < -0.4 is 9.46 Å². The highest BCUT2D eigenvalue weighted by atomic mass is 32.2. The minimum absolute atomic E-state index is 0.101. The van der Waals surface area contributed by atoms with Gasteiger partial charge in [0.25, 0.3) is 0 Å². The summed E-state index contributed by atoms with van der Waals surface area (Å²) in [4.78, 5) is 12.5. The summed E-state index contributed by atoms with van der Waals surface area (Å²) in [6.07, 6.45) is 2.11. The Hall–Kier alpha value is -1.56. The Morgan fingerprint density at radius 1 is 1.30 bits per heavy atom. The lowest BCUT2D eigenvalue weighted by Crippen LogP contribution is -2.43. The van der Waals surface area contributed by atoms with Gasteiger partial charge in [0, 0.05) is 6.42 Å². The molecule has 1 aromatic carbocycles.